The number of nitrogens with zero attached hydrogens (tertiary/aromatic N) is 3. The molecule has 164 valence electrons. The van der Waals surface area contributed by atoms with E-state index < -0.39 is 23.9 Å². The number of hydrazone groups is 1. The Morgan fingerprint density at radius 2 is 1.83 bits per heavy atom. The van der Waals surface area contributed by atoms with E-state index in [0.717, 1.165) is 11.8 Å². The number of halogens is 4. The molecule has 0 amide bonds. The van der Waals surface area contributed by atoms with Crippen molar-refractivity contribution in [3.05, 3.63) is 47.1 Å². The number of hydrogen-bond donors (Lipinski definition) is 1. The lowest BCUT2D eigenvalue weighted by Crippen LogP contribution is -2.30. The number of aliphatic hydroxyl groups excluding tert-OH is 1. The zero-order valence-electron chi connectivity index (χ0n) is 16.9. The molecule has 1 aromatic heterocycles. The minimum absolute atomic E-state index is 0.141. The van der Waals surface area contributed by atoms with Gasteiger partial charge >= 0.3 is 6.18 Å². The fraction of sp³-hybridized carbons (Fsp3) is 0.400. The number of aromatic nitrogens is 1. The van der Waals surface area contributed by atoms with Crippen LogP contribution in [-0.4, -0.2) is 47.1 Å². The van der Waals surface area contributed by atoms with Gasteiger partial charge in [-0.1, -0.05) is 11.6 Å². The van der Waals surface area contributed by atoms with Crippen molar-refractivity contribution < 1.29 is 27.8 Å². The molecule has 2 unspecified atom stereocenters. The summed E-state index contributed by atoms with van der Waals surface area (Å²) in [5.74, 6) is 0.666. The number of ether oxygens (including phenoxy) is 2. The van der Waals surface area contributed by atoms with Crippen molar-refractivity contribution in [3.8, 4) is 17.4 Å². The predicted molar refractivity (Wildman–Crippen MR) is 108 cm³/mol. The molecule has 0 saturated carbocycles. The number of rotatable bonds is 8. The second-order valence-electron chi connectivity index (χ2n) is 6.86. The quantitative estimate of drug-likeness (QED) is 0.457. The highest BCUT2D eigenvalue weighted by Crippen LogP contribution is 2.34. The summed E-state index contributed by atoms with van der Waals surface area (Å²) in [5, 5.41) is 15.9. The third kappa shape index (κ3) is 7.07. The van der Waals surface area contributed by atoms with Gasteiger partial charge in [0.2, 0.25) is 5.88 Å². The molecular formula is C20H23ClF3N3O3. The fourth-order valence-electron chi connectivity index (χ4n) is 2.50. The van der Waals surface area contributed by atoms with Crippen molar-refractivity contribution in [2.45, 2.75) is 38.7 Å². The summed E-state index contributed by atoms with van der Waals surface area (Å²) in [6.45, 7) is 3.56. The van der Waals surface area contributed by atoms with Crippen LogP contribution in [0.1, 0.15) is 25.8 Å². The average Bonchev–Trinajstić information content (AvgIpc) is 2.63. The normalized spacial score (nSPS) is 14.2. The van der Waals surface area contributed by atoms with Crippen LogP contribution in [0.5, 0.6) is 17.4 Å². The van der Waals surface area contributed by atoms with E-state index in [2.05, 4.69) is 10.1 Å². The minimum atomic E-state index is -4.54. The first kappa shape index (κ1) is 23.8. The molecule has 1 aromatic carbocycles. The molecule has 10 heteroatoms. The van der Waals surface area contributed by atoms with Gasteiger partial charge in [0.25, 0.3) is 0 Å². The number of aliphatic hydroxyl groups is 1. The van der Waals surface area contributed by atoms with E-state index in [4.69, 9.17) is 21.1 Å². The molecule has 2 rings (SSSR count). The van der Waals surface area contributed by atoms with Crippen LogP contribution >= 0.6 is 11.6 Å². The summed E-state index contributed by atoms with van der Waals surface area (Å²) < 4.78 is 49.2. The Labute approximate surface area is 177 Å². The van der Waals surface area contributed by atoms with Crippen LogP contribution in [0.15, 0.2) is 41.6 Å². The number of benzene rings is 1. The molecule has 2 aromatic rings. The molecule has 30 heavy (non-hydrogen) atoms. The zero-order chi connectivity index (χ0) is 22.5. The molecule has 0 fully saturated rings. The Kier molecular flexibility index (Phi) is 7.91. The van der Waals surface area contributed by atoms with E-state index in [1.807, 2.05) is 6.92 Å². The van der Waals surface area contributed by atoms with Gasteiger partial charge in [-0.15, -0.1) is 0 Å². The third-order valence-electron chi connectivity index (χ3n) is 3.91. The fourth-order valence-corrected chi connectivity index (χ4v) is 2.70. The maximum absolute atomic E-state index is 12.7. The molecular weight excluding hydrogens is 423 g/mol. The molecule has 0 aliphatic rings. The van der Waals surface area contributed by atoms with E-state index >= 15 is 0 Å². The maximum atomic E-state index is 12.7. The lowest BCUT2D eigenvalue weighted by molar-refractivity contribution is -0.137. The highest BCUT2D eigenvalue weighted by atomic mass is 35.5. The lowest BCUT2D eigenvalue weighted by Gasteiger charge is -2.21. The smallest absolute Gasteiger partial charge is 0.417 e. The Morgan fingerprint density at radius 1 is 1.23 bits per heavy atom. The molecule has 2 atom stereocenters. The molecule has 0 radical (unpaired) electrons. The van der Waals surface area contributed by atoms with Gasteiger partial charge in [0.15, 0.2) is 0 Å². The van der Waals surface area contributed by atoms with E-state index in [1.165, 1.54) is 0 Å². The van der Waals surface area contributed by atoms with Gasteiger partial charge in [0.1, 0.15) is 22.6 Å². The van der Waals surface area contributed by atoms with Crippen LogP contribution in [0.25, 0.3) is 0 Å². The van der Waals surface area contributed by atoms with Crippen LogP contribution in [0.2, 0.25) is 5.02 Å². The van der Waals surface area contributed by atoms with E-state index in [9.17, 15) is 18.3 Å². The van der Waals surface area contributed by atoms with Crippen LogP contribution in [-0.2, 0) is 6.18 Å². The summed E-state index contributed by atoms with van der Waals surface area (Å²) >= 11 is 5.84. The molecule has 0 aliphatic heterocycles. The monoisotopic (exact) mass is 445 g/mol. The lowest BCUT2D eigenvalue weighted by atomic mass is 10.1. The van der Waals surface area contributed by atoms with Crippen LogP contribution in [0.3, 0.4) is 0 Å². The summed E-state index contributed by atoms with van der Waals surface area (Å²) in [6.07, 6.45) is -4.76. The van der Waals surface area contributed by atoms with Crippen molar-refractivity contribution in [2.24, 2.45) is 5.10 Å². The molecule has 1 heterocycles. The van der Waals surface area contributed by atoms with Gasteiger partial charge in [-0.25, -0.2) is 4.98 Å². The van der Waals surface area contributed by atoms with Gasteiger partial charge in [-0.3, -0.25) is 0 Å². The Bertz CT molecular complexity index is 874. The van der Waals surface area contributed by atoms with Crippen molar-refractivity contribution in [3.63, 3.8) is 0 Å². The summed E-state index contributed by atoms with van der Waals surface area (Å²) in [7, 11) is 3.60. The van der Waals surface area contributed by atoms with Gasteiger partial charge in [-0.2, -0.15) is 18.3 Å². The van der Waals surface area contributed by atoms with Crippen LogP contribution in [0.4, 0.5) is 13.2 Å². The Balaban J connectivity index is 1.98. The molecule has 0 spiro atoms. The second kappa shape index (κ2) is 9.99. The van der Waals surface area contributed by atoms with Gasteiger partial charge in [0.05, 0.1) is 11.7 Å². The van der Waals surface area contributed by atoms with Crippen LogP contribution < -0.4 is 9.47 Å². The SMILES string of the molecule is CC(CC(O)C(C)Oc1ccc(Oc2ncc(C(F)(F)F)cc2Cl)cc1)=NN(C)C. The number of pyridine rings is 1. The summed E-state index contributed by atoms with van der Waals surface area (Å²) in [6, 6.07) is 7.09. The minimum Gasteiger partial charge on any atom is -0.488 e. The first-order chi connectivity index (χ1) is 14.0. The van der Waals surface area contributed by atoms with Crippen molar-refractivity contribution >= 4 is 17.3 Å². The van der Waals surface area contributed by atoms with Crippen molar-refractivity contribution in [1.82, 2.24) is 9.99 Å². The van der Waals surface area contributed by atoms with Crippen molar-refractivity contribution in [2.75, 3.05) is 14.1 Å². The highest BCUT2D eigenvalue weighted by molar-refractivity contribution is 6.31. The summed E-state index contributed by atoms with van der Waals surface area (Å²) in [5.41, 5.74) is -0.186. The third-order valence-corrected chi connectivity index (χ3v) is 4.18. The summed E-state index contributed by atoms with van der Waals surface area (Å²) in [4.78, 5) is 3.63. The first-order valence-corrected chi connectivity index (χ1v) is 9.40. The maximum Gasteiger partial charge on any atom is 0.417 e. The molecule has 1 N–H and O–H groups in total. The van der Waals surface area contributed by atoms with E-state index in [0.29, 0.717) is 24.1 Å². The largest absolute Gasteiger partial charge is 0.488 e. The van der Waals surface area contributed by atoms with Crippen LogP contribution in [0, 0.1) is 0 Å². The van der Waals surface area contributed by atoms with Gasteiger partial charge < -0.3 is 19.6 Å². The van der Waals surface area contributed by atoms with Gasteiger partial charge in [0, 0.05) is 32.4 Å². The van der Waals surface area contributed by atoms with E-state index in [1.54, 1.807) is 50.3 Å². The number of alkyl halides is 3. The van der Waals surface area contributed by atoms with E-state index in [-0.39, 0.29) is 10.9 Å². The first-order valence-electron chi connectivity index (χ1n) is 9.02. The Morgan fingerprint density at radius 3 is 2.37 bits per heavy atom. The number of hydrogen-bond acceptors (Lipinski definition) is 6. The standard InChI is InChI=1S/C20H23ClF3N3O3/c1-12(26-27(3)4)9-18(28)13(2)29-15-5-7-16(8-6-15)30-19-17(21)10-14(11-25-19)20(22,23)24/h5-8,10-11,13,18,28H,9H2,1-4H3. The Hall–Kier alpha value is -2.52. The van der Waals surface area contributed by atoms with Gasteiger partial charge in [-0.05, 0) is 44.2 Å². The highest BCUT2D eigenvalue weighted by Gasteiger charge is 2.31. The topological polar surface area (TPSA) is 67.2 Å². The molecule has 0 aliphatic carbocycles. The zero-order valence-corrected chi connectivity index (χ0v) is 17.7. The second-order valence-corrected chi connectivity index (χ2v) is 7.27. The molecule has 6 nitrogen and oxygen atoms in total. The molecule has 0 saturated heterocycles. The molecule has 0 bridgehead atoms. The predicted octanol–water partition coefficient (Wildman–Crippen LogP) is 5.00. The van der Waals surface area contributed by atoms with Crippen molar-refractivity contribution in [1.29, 1.82) is 0 Å². The average molecular weight is 446 g/mol.